The fourth-order valence-corrected chi connectivity index (χ4v) is 8.30. The summed E-state index contributed by atoms with van der Waals surface area (Å²) in [5.41, 5.74) is 2.19. The van der Waals surface area contributed by atoms with E-state index in [9.17, 15) is 31.8 Å². The monoisotopic (exact) mass is 687 g/mol. The maximum atomic E-state index is 13.6. The van der Waals surface area contributed by atoms with Crippen LogP contribution < -0.4 is 10.1 Å². The van der Waals surface area contributed by atoms with Crippen LogP contribution in [0.25, 0.3) is 11.1 Å². The first-order chi connectivity index (χ1) is 22.3. The van der Waals surface area contributed by atoms with Crippen molar-refractivity contribution < 1.29 is 41.3 Å². The number of carboxylic acid groups (broad SMARTS) is 1. The first-order valence-electron chi connectivity index (χ1n) is 15.4. The van der Waals surface area contributed by atoms with Crippen LogP contribution in [-0.2, 0) is 31.1 Å². The van der Waals surface area contributed by atoms with Crippen molar-refractivity contribution in [2.24, 2.45) is 0 Å². The molecule has 14 heteroatoms. The normalized spacial score (nSPS) is 19.0. The Balaban J connectivity index is 1.17. The number of sulfone groups is 1. The molecule has 0 bridgehead atoms. The highest BCUT2D eigenvalue weighted by atomic mass is 32.2. The van der Waals surface area contributed by atoms with E-state index >= 15 is 0 Å². The number of rotatable bonds is 12. The van der Waals surface area contributed by atoms with Crippen molar-refractivity contribution in [3.8, 4) is 16.9 Å². The second kappa shape index (κ2) is 14.3. The number of aliphatic hydroxyl groups is 1. The predicted octanol–water partition coefficient (Wildman–Crippen LogP) is 3.21. The predicted molar refractivity (Wildman–Crippen MR) is 176 cm³/mol. The van der Waals surface area contributed by atoms with E-state index in [2.05, 4.69) is 5.32 Å². The first kappa shape index (κ1) is 34.8. The number of aliphatic hydroxyl groups excluding tert-OH is 1. The van der Waals surface area contributed by atoms with Gasteiger partial charge in [-0.3, -0.25) is 0 Å². The number of piperidine rings is 1. The molecule has 254 valence electrons. The number of hydrogen-bond acceptors (Lipinski definition) is 9. The van der Waals surface area contributed by atoms with E-state index in [1.54, 1.807) is 24.3 Å². The summed E-state index contributed by atoms with van der Waals surface area (Å²) in [6, 6.07) is 20.2. The molecule has 5 rings (SSSR count). The van der Waals surface area contributed by atoms with Crippen molar-refractivity contribution in [3.63, 3.8) is 0 Å². The highest BCUT2D eigenvalue weighted by Crippen LogP contribution is 2.39. The van der Waals surface area contributed by atoms with Crippen LogP contribution in [0.4, 0.5) is 4.79 Å². The second-order valence-electron chi connectivity index (χ2n) is 12.2. The summed E-state index contributed by atoms with van der Waals surface area (Å²) in [6.07, 6.45) is -0.132. The molecule has 0 aromatic heterocycles. The molecule has 2 unspecified atom stereocenters. The van der Waals surface area contributed by atoms with Crippen LogP contribution in [0.2, 0.25) is 0 Å². The lowest BCUT2D eigenvalue weighted by Crippen LogP contribution is -2.48. The maximum absolute atomic E-state index is 13.6. The molecule has 0 aliphatic carbocycles. The van der Waals surface area contributed by atoms with Gasteiger partial charge in [0.15, 0.2) is 9.84 Å². The van der Waals surface area contributed by atoms with Gasteiger partial charge in [-0.1, -0.05) is 42.5 Å². The molecule has 2 heterocycles. The average Bonchev–Trinajstić information content (AvgIpc) is 3.45. The Hall–Kier alpha value is -3.53. The van der Waals surface area contributed by atoms with Crippen molar-refractivity contribution in [2.75, 3.05) is 46.2 Å². The van der Waals surface area contributed by atoms with Crippen LogP contribution in [0.3, 0.4) is 0 Å². The molecule has 12 nitrogen and oxygen atoms in total. The van der Waals surface area contributed by atoms with Crippen LogP contribution in [0.15, 0.2) is 82.6 Å². The number of sulfonamides is 1. The molecule has 0 saturated carbocycles. The summed E-state index contributed by atoms with van der Waals surface area (Å²) >= 11 is 0. The van der Waals surface area contributed by atoms with E-state index in [-0.39, 0.29) is 48.4 Å². The number of ether oxygens (including phenoxy) is 2. The standard InChI is InChI=1S/C33H41N3O9S2/c1-34-20-24-9-11-25(12-10-24)26-5-3-8-31(17-26)47(42,43)35-15-13-33(14-16-35)19-27(22-45-33)36(32(38)39)21-28(37)23-44-29-6-4-7-30(18-29)46(2,40)41/h3-12,17-18,27-28,34,37H,13-16,19-23H2,1-2H3,(H,38,39). The molecule has 2 aliphatic heterocycles. The lowest BCUT2D eigenvalue weighted by Gasteiger charge is -2.38. The van der Waals surface area contributed by atoms with E-state index in [1.165, 1.54) is 22.5 Å². The molecule has 0 radical (unpaired) electrons. The molecule has 3 aromatic rings. The van der Waals surface area contributed by atoms with Gasteiger partial charge < -0.3 is 29.9 Å². The van der Waals surface area contributed by atoms with Crippen molar-refractivity contribution >= 4 is 26.0 Å². The van der Waals surface area contributed by atoms with Crippen LogP contribution in [0, 0.1) is 0 Å². The third-order valence-corrected chi connectivity index (χ3v) is 11.7. The van der Waals surface area contributed by atoms with Crippen LogP contribution in [0.1, 0.15) is 24.8 Å². The fourth-order valence-electron chi connectivity index (χ4n) is 6.16. The Kier molecular flexibility index (Phi) is 10.6. The molecule has 2 aliphatic rings. The van der Waals surface area contributed by atoms with Crippen molar-refractivity contribution in [1.29, 1.82) is 0 Å². The van der Waals surface area contributed by atoms with E-state index in [4.69, 9.17) is 9.47 Å². The number of carbonyl (C=O) groups is 1. The van der Waals surface area contributed by atoms with E-state index in [0.29, 0.717) is 19.3 Å². The topological polar surface area (TPSA) is 163 Å². The van der Waals surface area contributed by atoms with Crippen molar-refractivity contribution in [1.82, 2.24) is 14.5 Å². The molecule has 47 heavy (non-hydrogen) atoms. The average molecular weight is 688 g/mol. The quantitative estimate of drug-likeness (QED) is 0.258. The minimum atomic E-state index is -3.77. The zero-order valence-electron chi connectivity index (χ0n) is 26.4. The summed E-state index contributed by atoms with van der Waals surface area (Å²) in [4.78, 5) is 13.6. The second-order valence-corrected chi connectivity index (χ2v) is 16.1. The van der Waals surface area contributed by atoms with Gasteiger partial charge in [-0.25, -0.2) is 21.6 Å². The number of hydrogen-bond donors (Lipinski definition) is 3. The maximum Gasteiger partial charge on any atom is 0.407 e. The molecule has 2 saturated heterocycles. The highest BCUT2D eigenvalue weighted by molar-refractivity contribution is 7.90. The Labute approximate surface area is 275 Å². The molecule has 2 atom stereocenters. The van der Waals surface area contributed by atoms with Crippen LogP contribution in [0.5, 0.6) is 5.75 Å². The molecule has 1 amide bonds. The number of nitrogens with zero attached hydrogens (tertiary/aromatic N) is 2. The Morgan fingerprint density at radius 1 is 1.02 bits per heavy atom. The van der Waals surface area contributed by atoms with Crippen LogP contribution >= 0.6 is 0 Å². The third-order valence-electron chi connectivity index (χ3n) is 8.73. The Morgan fingerprint density at radius 3 is 2.36 bits per heavy atom. The van der Waals surface area contributed by atoms with Gasteiger partial charge in [0.25, 0.3) is 0 Å². The SMILES string of the molecule is CNCc1ccc(-c2cccc(S(=O)(=O)N3CCC4(CC3)CC(N(CC(O)COc3cccc(S(C)(=O)=O)c3)C(=O)O)CO4)c2)cc1. The number of nitrogens with one attached hydrogen (secondary N) is 1. The molecular weight excluding hydrogens is 647 g/mol. The van der Waals surface area contributed by atoms with E-state index in [0.717, 1.165) is 34.4 Å². The van der Waals surface area contributed by atoms with Gasteiger partial charge in [-0.05, 0) is 73.3 Å². The Morgan fingerprint density at radius 2 is 1.70 bits per heavy atom. The first-order valence-corrected chi connectivity index (χ1v) is 18.7. The summed E-state index contributed by atoms with van der Waals surface area (Å²) in [6.45, 7) is 0.846. The van der Waals surface area contributed by atoms with Gasteiger partial charge in [-0.2, -0.15) is 4.31 Å². The molecule has 3 aromatic carbocycles. The van der Waals surface area contributed by atoms with E-state index in [1.807, 2.05) is 37.4 Å². The zero-order chi connectivity index (χ0) is 33.8. The van der Waals surface area contributed by atoms with Gasteiger partial charge in [0, 0.05) is 25.9 Å². The van der Waals surface area contributed by atoms with Gasteiger partial charge >= 0.3 is 6.09 Å². The fraction of sp³-hybridized carbons (Fsp3) is 0.424. The minimum absolute atomic E-state index is 0.0727. The molecule has 3 N–H and O–H groups in total. The lowest BCUT2D eigenvalue weighted by molar-refractivity contribution is -0.0319. The third kappa shape index (κ3) is 8.31. The zero-order valence-corrected chi connectivity index (χ0v) is 28.0. The largest absolute Gasteiger partial charge is 0.491 e. The molecule has 1 spiro atoms. The van der Waals surface area contributed by atoms with Gasteiger partial charge in [-0.15, -0.1) is 0 Å². The lowest BCUT2D eigenvalue weighted by atomic mass is 9.88. The van der Waals surface area contributed by atoms with E-state index < -0.39 is 43.7 Å². The van der Waals surface area contributed by atoms with Gasteiger partial charge in [0.05, 0.1) is 34.6 Å². The Bertz CT molecular complexity index is 1770. The van der Waals surface area contributed by atoms with Gasteiger partial charge in [0.1, 0.15) is 18.5 Å². The smallest absolute Gasteiger partial charge is 0.407 e. The van der Waals surface area contributed by atoms with Crippen LogP contribution in [-0.4, -0.2) is 106 Å². The number of benzene rings is 3. The van der Waals surface area contributed by atoms with Crippen molar-refractivity contribution in [3.05, 3.63) is 78.4 Å². The van der Waals surface area contributed by atoms with Crippen molar-refractivity contribution in [2.45, 2.75) is 53.3 Å². The molecule has 2 fully saturated rings. The molecular formula is C33H41N3O9S2. The van der Waals surface area contributed by atoms with Gasteiger partial charge in [0.2, 0.25) is 10.0 Å². The summed E-state index contributed by atoms with van der Waals surface area (Å²) < 4.78 is 64.1. The summed E-state index contributed by atoms with van der Waals surface area (Å²) in [5, 5.41) is 23.7. The summed E-state index contributed by atoms with van der Waals surface area (Å²) in [5.74, 6) is 0.240. The minimum Gasteiger partial charge on any atom is -0.491 e. The highest BCUT2D eigenvalue weighted by Gasteiger charge is 2.47. The summed E-state index contributed by atoms with van der Waals surface area (Å²) in [7, 11) is -5.33. The number of amides is 1.